The Hall–Kier alpha value is -5.51. The summed E-state index contributed by atoms with van der Waals surface area (Å²) in [5, 5.41) is 82.2. The van der Waals surface area contributed by atoms with Crippen LogP contribution in [0.25, 0.3) is 0 Å². The van der Waals surface area contributed by atoms with Crippen molar-refractivity contribution in [2.24, 2.45) is 52.8 Å². The molecule has 13 aliphatic rings. The monoisotopic (exact) mass is 1270 g/mol. The molecular weight excluding hydrogens is 1170 g/mol. The third kappa shape index (κ3) is 11.6. The molecule has 13 nitrogen and oxygen atoms in total. The van der Waals surface area contributed by atoms with E-state index in [0.717, 1.165) is 146 Å². The summed E-state index contributed by atoms with van der Waals surface area (Å²) in [6.45, 7) is 1.47. The minimum absolute atomic E-state index is 0.00386. The Morgan fingerprint density at radius 3 is 2.20 bits per heavy atom. The van der Waals surface area contributed by atoms with Crippen LogP contribution in [-0.2, 0) is 42.1 Å². The lowest BCUT2D eigenvalue weighted by Crippen LogP contribution is -2.71. The minimum atomic E-state index is -1.65. The van der Waals surface area contributed by atoms with Gasteiger partial charge in [0.15, 0.2) is 0 Å². The molecule has 16 bridgehead atoms. The second-order valence-electron chi connectivity index (χ2n) is 31.8. The van der Waals surface area contributed by atoms with Crippen molar-refractivity contribution in [1.82, 2.24) is 0 Å². The Morgan fingerprint density at radius 2 is 1.41 bits per heavy atom. The number of ether oxygens (including phenoxy) is 3. The van der Waals surface area contributed by atoms with Gasteiger partial charge < -0.3 is 50.2 Å². The number of nitrogens with one attached hydrogen (secondary N) is 1. The predicted octanol–water partition coefficient (Wildman–Crippen LogP) is 12.7. The summed E-state index contributed by atoms with van der Waals surface area (Å²) in [4.78, 5) is 46.2. The summed E-state index contributed by atoms with van der Waals surface area (Å²) in [6, 6.07) is 16.3. The maximum absolute atomic E-state index is 16.7. The lowest BCUT2D eigenvalue weighted by Gasteiger charge is -2.66. The Morgan fingerprint density at radius 1 is 0.677 bits per heavy atom. The molecule has 8 fully saturated rings. The van der Waals surface area contributed by atoms with Crippen molar-refractivity contribution in [2.45, 2.75) is 264 Å². The fourth-order valence-electron chi connectivity index (χ4n) is 21.4. The zero-order valence-corrected chi connectivity index (χ0v) is 54.7. The van der Waals surface area contributed by atoms with Gasteiger partial charge in [0.1, 0.15) is 40.7 Å². The molecule has 0 radical (unpaired) electrons. The number of carbonyl (C=O) groups excluding carboxylic acids is 3. The number of fused-ring (bicyclic) bond motifs is 18. The third-order valence-electron chi connectivity index (χ3n) is 26.4. The number of Topliss-reactive ketones (excluding diaryl/α,β-unsaturated/α-hetero) is 1. The molecular formula is C80H99NO12. The van der Waals surface area contributed by atoms with E-state index in [0.29, 0.717) is 77.8 Å². The van der Waals surface area contributed by atoms with Crippen molar-refractivity contribution in [3.8, 4) is 35.2 Å². The van der Waals surface area contributed by atoms with Crippen molar-refractivity contribution in [3.63, 3.8) is 0 Å². The van der Waals surface area contributed by atoms with Crippen LogP contribution in [0.5, 0.6) is 11.5 Å². The molecule has 8 aliphatic carbocycles. The first kappa shape index (κ1) is 63.5. The van der Waals surface area contributed by atoms with Gasteiger partial charge in [0, 0.05) is 64.9 Å². The highest BCUT2D eigenvalue weighted by Gasteiger charge is 2.69. The molecule has 93 heavy (non-hydrogen) atoms. The number of anilines is 1. The van der Waals surface area contributed by atoms with E-state index in [1.165, 1.54) is 0 Å². The second kappa shape index (κ2) is 25.5. The van der Waals surface area contributed by atoms with E-state index < -0.39 is 70.2 Å². The number of phenolic OH excluding ortho intramolecular Hbond substituents is 1. The molecule has 3 aromatic carbocycles. The van der Waals surface area contributed by atoms with Gasteiger partial charge in [-0.2, -0.15) is 0 Å². The van der Waals surface area contributed by atoms with Gasteiger partial charge in [0.25, 0.3) is 0 Å². The van der Waals surface area contributed by atoms with E-state index in [1.54, 1.807) is 13.0 Å². The van der Waals surface area contributed by atoms with Crippen LogP contribution in [0.15, 0.2) is 60.2 Å². The highest BCUT2D eigenvalue weighted by Crippen LogP contribution is 2.67. The second-order valence-corrected chi connectivity index (χ2v) is 31.8. The van der Waals surface area contributed by atoms with Crippen LogP contribution in [0, 0.1) is 76.4 Å². The van der Waals surface area contributed by atoms with Crippen LogP contribution in [-0.4, -0.2) is 97.1 Å². The van der Waals surface area contributed by atoms with Crippen LogP contribution < -0.4 is 10.1 Å². The molecule has 496 valence electrons. The van der Waals surface area contributed by atoms with Gasteiger partial charge in [-0.15, -0.1) is 0 Å². The van der Waals surface area contributed by atoms with Crippen molar-refractivity contribution >= 4 is 23.4 Å². The van der Waals surface area contributed by atoms with Crippen LogP contribution in [0.2, 0.25) is 0 Å². The molecule has 5 aliphatic heterocycles. The van der Waals surface area contributed by atoms with E-state index in [1.807, 2.05) is 24.3 Å². The van der Waals surface area contributed by atoms with Gasteiger partial charge in [-0.1, -0.05) is 125 Å². The number of aliphatic hydroxyl groups is 5. The van der Waals surface area contributed by atoms with Gasteiger partial charge >= 0.3 is 11.9 Å². The van der Waals surface area contributed by atoms with Gasteiger partial charge in [0.2, 0.25) is 0 Å². The first-order valence-corrected chi connectivity index (χ1v) is 36.6. The molecule has 8 saturated carbocycles. The zero-order valence-electron chi connectivity index (χ0n) is 54.7. The van der Waals surface area contributed by atoms with Gasteiger partial charge in [0.05, 0.1) is 42.7 Å². The lowest BCUT2D eigenvalue weighted by molar-refractivity contribution is -0.265. The fourth-order valence-corrected chi connectivity index (χ4v) is 21.4. The Labute approximate surface area is 550 Å². The van der Waals surface area contributed by atoms with Crippen LogP contribution in [0.3, 0.4) is 0 Å². The Kier molecular flexibility index (Phi) is 17.4. The largest absolute Gasteiger partial charge is 0.507 e. The highest BCUT2D eigenvalue weighted by atomic mass is 16.6. The Balaban J connectivity index is 0.960. The van der Waals surface area contributed by atoms with E-state index in [2.05, 4.69) is 53.3 Å². The average Bonchev–Trinajstić information content (AvgIpc) is 0.951. The molecule has 13 heteroatoms. The average molecular weight is 1270 g/mol. The quantitative estimate of drug-likeness (QED) is 0.0724. The van der Waals surface area contributed by atoms with Crippen LogP contribution in [0.1, 0.15) is 250 Å². The summed E-state index contributed by atoms with van der Waals surface area (Å²) in [7, 11) is 0. The third-order valence-corrected chi connectivity index (χ3v) is 26.4. The number of phenols is 1. The van der Waals surface area contributed by atoms with Gasteiger partial charge in [-0.25, -0.2) is 4.79 Å². The number of aliphatic hydroxyl groups excluding tert-OH is 3. The van der Waals surface area contributed by atoms with E-state index >= 15 is 14.7 Å². The molecule has 0 unspecified atom stereocenters. The minimum Gasteiger partial charge on any atom is -0.507 e. The van der Waals surface area contributed by atoms with Crippen LogP contribution >= 0.6 is 0 Å². The SMILES string of the molecule is C[C@@]1(O)CNc2cc(cc([C@H]3C#C[C@H]4CC(=O)Oc5c4cc(c(O)c5C4CCCCC4)C[C@H]4OC(=O)C(=C[C@H](O)C5(CCCCC5)c5cccc(c5)C[C@H]5C(=O)C[C@@H]6CC[C@H]7[C@H]8CCCC[C@@H]8[C@]4(O)[C@@H]6[C@H]75)C3)c2)[C@@H](O)C2(C#CC3CCC(CC3)OC[C@H]1O)CCCCC2. The number of benzene rings is 3. The molecule has 2 spiro atoms. The number of ketones is 1. The van der Waals surface area contributed by atoms with Gasteiger partial charge in [-0.05, 0) is 203 Å². The van der Waals surface area contributed by atoms with Crippen molar-refractivity contribution in [1.29, 1.82) is 0 Å². The first-order chi connectivity index (χ1) is 45.0. The molecule has 0 amide bonds. The predicted molar refractivity (Wildman–Crippen MR) is 353 cm³/mol. The van der Waals surface area contributed by atoms with Crippen molar-refractivity contribution in [2.75, 3.05) is 18.5 Å². The molecule has 7 N–H and O–H groups in total. The normalized spacial score (nSPS) is 38.2. The van der Waals surface area contributed by atoms with E-state index in [-0.39, 0.29) is 109 Å². The summed E-state index contributed by atoms with van der Waals surface area (Å²) in [6.07, 6.45) is 19.0. The molecule has 0 aromatic heterocycles. The zero-order chi connectivity index (χ0) is 64.0. The summed E-state index contributed by atoms with van der Waals surface area (Å²) in [5.74, 6) is 11.5. The smallest absolute Gasteiger partial charge is 0.334 e. The Bertz CT molecular complexity index is 3520. The van der Waals surface area contributed by atoms with Gasteiger partial charge in [-0.3, -0.25) is 9.59 Å². The number of carbonyl (C=O) groups is 3. The lowest BCUT2D eigenvalue weighted by atomic mass is 9.40. The maximum Gasteiger partial charge on any atom is 0.334 e. The molecule has 16 rings (SSSR count). The number of hydrogen-bond donors (Lipinski definition) is 7. The number of esters is 2. The molecule has 3 aromatic rings. The van der Waals surface area contributed by atoms with Crippen molar-refractivity contribution < 1.29 is 59.2 Å². The van der Waals surface area contributed by atoms with E-state index in [4.69, 9.17) is 14.2 Å². The standard InChI is InChI=1S/C80H99NO12/c1-77(89)46-81-58-38-53(37-55(39-58)75(87)78(29-9-3-10-30-78)33-28-47-20-25-59(26-21-47)91-45-67(77)84)50-22-23-51-44-69(85)93-74-62(51)40-54(73(86)70(74)49-15-5-2-6-16-49)43-68-80(90)64-19-8-7-18-60(64)61-27-24-52-41-65(82)63(71(61)72(52)80)35-48-14-13-17-57(34-48)79(31-11-4-12-32-79)66(83)42-56(36-50)76(88)92-68/h13-14,17,34,37-40,42,47,49-52,59-61,63-64,66-68,71-72,75,81,83-84,86-87,89-90H,2-12,15-16,18-21,24-27,29-32,35-36,41,43-46H2,1H3/t47?,50-,51-,52-,59?,60+,61-,63-,64-,66-,67+,68+,71+,72-,75+,77+,80+/m0/s1. The molecule has 5 heterocycles. The fraction of sp³-hybridized carbons (Fsp3) is 0.662. The maximum atomic E-state index is 16.7. The number of rotatable bonds is 2. The highest BCUT2D eigenvalue weighted by molar-refractivity contribution is 5.89. The first-order valence-electron chi connectivity index (χ1n) is 36.6. The molecule has 15 atom stereocenters. The summed E-state index contributed by atoms with van der Waals surface area (Å²) in [5.41, 5.74) is 0.828. The molecule has 0 saturated heterocycles. The number of hydrogen-bond acceptors (Lipinski definition) is 13. The summed E-state index contributed by atoms with van der Waals surface area (Å²) < 4.78 is 20.1. The summed E-state index contributed by atoms with van der Waals surface area (Å²) >= 11 is 0. The van der Waals surface area contributed by atoms with E-state index in [9.17, 15) is 30.3 Å². The topological polar surface area (TPSA) is 212 Å². The van der Waals surface area contributed by atoms with Crippen molar-refractivity contribution in [3.05, 3.63) is 99.1 Å². The number of aromatic hydroxyl groups is 1. The van der Waals surface area contributed by atoms with Crippen LogP contribution in [0.4, 0.5) is 5.69 Å².